The number of aliphatic hydroxyl groups excluding tert-OH is 1. The van der Waals surface area contributed by atoms with Gasteiger partial charge in [0.05, 0.1) is 18.7 Å². The predicted octanol–water partition coefficient (Wildman–Crippen LogP) is 1.60. The number of rotatable bonds is 6. The smallest absolute Gasteiger partial charge is 0.239 e. The zero-order valence-electron chi connectivity index (χ0n) is 14.4. The maximum Gasteiger partial charge on any atom is 0.239 e. The molecule has 3 N–H and O–H groups in total. The molecule has 4 aliphatic carbocycles. The van der Waals surface area contributed by atoms with Gasteiger partial charge in [-0.05, 0) is 75.5 Å². The van der Waals surface area contributed by atoms with Gasteiger partial charge in [0.1, 0.15) is 0 Å². The first kappa shape index (κ1) is 16.7. The Morgan fingerprint density at radius 1 is 1.04 bits per heavy atom. The molecule has 0 unspecified atom stereocenters. The van der Waals surface area contributed by atoms with E-state index in [2.05, 4.69) is 10.6 Å². The molecular weight excluding hydrogens is 292 g/mol. The molecule has 0 aromatic carbocycles. The fourth-order valence-electron chi connectivity index (χ4n) is 5.55. The van der Waals surface area contributed by atoms with Gasteiger partial charge in [0.2, 0.25) is 11.8 Å². The van der Waals surface area contributed by atoms with Gasteiger partial charge in [-0.15, -0.1) is 0 Å². The van der Waals surface area contributed by atoms with Crippen molar-refractivity contribution in [1.29, 1.82) is 0 Å². The second-order valence-electron chi connectivity index (χ2n) is 8.96. The van der Waals surface area contributed by atoms with Crippen molar-refractivity contribution in [3.05, 3.63) is 0 Å². The van der Waals surface area contributed by atoms with Crippen molar-refractivity contribution in [3.63, 3.8) is 0 Å². The second kappa shape index (κ2) is 6.08. The number of aliphatic hydroxyl groups is 1. The zero-order valence-corrected chi connectivity index (χ0v) is 14.4. The number of hydrogen-bond acceptors (Lipinski definition) is 3. The molecule has 23 heavy (non-hydrogen) atoms. The number of carbonyl (C=O) groups is 2. The number of carbonyl (C=O) groups excluding carboxylic acids is 2. The summed E-state index contributed by atoms with van der Waals surface area (Å²) in [5.74, 6) is 2.26. The number of amides is 2. The van der Waals surface area contributed by atoms with E-state index in [9.17, 15) is 9.59 Å². The van der Waals surface area contributed by atoms with Crippen molar-refractivity contribution in [2.24, 2.45) is 23.2 Å². The van der Waals surface area contributed by atoms with E-state index in [1.165, 1.54) is 38.5 Å². The van der Waals surface area contributed by atoms with Crippen LogP contribution >= 0.6 is 0 Å². The van der Waals surface area contributed by atoms with E-state index in [1.54, 1.807) is 13.8 Å². The predicted molar refractivity (Wildman–Crippen MR) is 87.5 cm³/mol. The molecule has 4 saturated carbocycles. The minimum atomic E-state index is -0.651. The molecule has 4 fully saturated rings. The van der Waals surface area contributed by atoms with Gasteiger partial charge in [-0.3, -0.25) is 9.59 Å². The van der Waals surface area contributed by atoms with Crippen LogP contribution in [0.2, 0.25) is 0 Å². The highest BCUT2D eigenvalue weighted by Gasteiger charge is 2.51. The summed E-state index contributed by atoms with van der Waals surface area (Å²) in [6, 6.07) is 0. The molecule has 0 radical (unpaired) electrons. The van der Waals surface area contributed by atoms with Crippen LogP contribution < -0.4 is 10.6 Å². The van der Waals surface area contributed by atoms with Crippen LogP contribution in [0, 0.1) is 23.2 Å². The molecule has 5 heteroatoms. The van der Waals surface area contributed by atoms with Crippen molar-refractivity contribution in [2.75, 3.05) is 13.2 Å². The lowest BCUT2D eigenvalue weighted by Crippen LogP contribution is -2.51. The summed E-state index contributed by atoms with van der Waals surface area (Å²) in [4.78, 5) is 24.2. The van der Waals surface area contributed by atoms with Crippen LogP contribution in [0.5, 0.6) is 0 Å². The zero-order chi connectivity index (χ0) is 16.7. The van der Waals surface area contributed by atoms with Gasteiger partial charge in [0.25, 0.3) is 0 Å². The average Bonchev–Trinajstić information content (AvgIpc) is 2.43. The van der Waals surface area contributed by atoms with Crippen LogP contribution in [-0.4, -0.2) is 35.6 Å². The van der Waals surface area contributed by atoms with Gasteiger partial charge in [-0.1, -0.05) is 0 Å². The third kappa shape index (κ3) is 3.87. The minimum absolute atomic E-state index is 0.00362. The summed E-state index contributed by atoms with van der Waals surface area (Å²) in [5.41, 5.74) is -0.443. The Labute approximate surface area is 138 Å². The molecule has 0 aromatic rings. The number of hydrogen-bond donors (Lipinski definition) is 3. The first-order chi connectivity index (χ1) is 10.8. The normalized spacial score (nSPS) is 35.2. The summed E-state index contributed by atoms with van der Waals surface area (Å²) in [7, 11) is 0. The quantitative estimate of drug-likeness (QED) is 0.695. The molecule has 2 amide bonds. The molecular formula is C18H30N2O3. The Kier molecular flexibility index (Phi) is 4.43. The van der Waals surface area contributed by atoms with Crippen LogP contribution in [0.1, 0.15) is 58.8 Å². The van der Waals surface area contributed by atoms with E-state index < -0.39 is 5.54 Å². The molecule has 5 nitrogen and oxygen atoms in total. The molecule has 0 aromatic heterocycles. The third-order valence-electron chi connectivity index (χ3n) is 6.02. The monoisotopic (exact) mass is 322 g/mol. The largest absolute Gasteiger partial charge is 0.394 e. The maximum atomic E-state index is 12.3. The van der Waals surface area contributed by atoms with Crippen molar-refractivity contribution < 1.29 is 14.7 Å². The molecule has 4 aliphatic rings. The third-order valence-corrected chi connectivity index (χ3v) is 6.02. The lowest BCUT2D eigenvalue weighted by atomic mass is 9.49. The molecule has 0 aliphatic heterocycles. The topological polar surface area (TPSA) is 78.4 Å². The van der Waals surface area contributed by atoms with Crippen LogP contribution in [0.25, 0.3) is 0 Å². The standard InChI is InChI=1S/C18H30N2O3/c1-17(2,11-21)20-16(23)10-19-15(22)9-18-6-12-3-13(7-18)5-14(4-12)8-18/h12-14,21H,3-11H2,1-2H3,(H,19,22)(H,20,23). The summed E-state index contributed by atoms with van der Waals surface area (Å²) in [6.45, 7) is 3.37. The van der Waals surface area contributed by atoms with Crippen molar-refractivity contribution in [3.8, 4) is 0 Å². The van der Waals surface area contributed by atoms with E-state index in [4.69, 9.17) is 5.11 Å². The highest BCUT2D eigenvalue weighted by atomic mass is 16.3. The van der Waals surface area contributed by atoms with Crippen LogP contribution in [0.4, 0.5) is 0 Å². The Bertz CT molecular complexity index is 451. The Hall–Kier alpha value is -1.10. The Morgan fingerprint density at radius 3 is 2.04 bits per heavy atom. The SMILES string of the molecule is CC(C)(CO)NC(=O)CNC(=O)CC12CC3CC(CC(C3)C1)C2. The second-order valence-corrected chi connectivity index (χ2v) is 8.96. The fourth-order valence-corrected chi connectivity index (χ4v) is 5.55. The first-order valence-corrected chi connectivity index (χ1v) is 8.98. The molecule has 130 valence electrons. The van der Waals surface area contributed by atoms with Gasteiger partial charge < -0.3 is 15.7 Å². The Morgan fingerprint density at radius 2 is 1.57 bits per heavy atom. The number of nitrogens with one attached hydrogen (secondary N) is 2. The highest BCUT2D eigenvalue weighted by Crippen LogP contribution is 2.61. The summed E-state index contributed by atoms with van der Waals surface area (Å²) in [5, 5.41) is 14.6. The van der Waals surface area contributed by atoms with Gasteiger partial charge in [0.15, 0.2) is 0 Å². The molecule has 4 rings (SSSR count). The highest BCUT2D eigenvalue weighted by molar-refractivity contribution is 5.85. The van der Waals surface area contributed by atoms with Gasteiger partial charge in [-0.2, -0.15) is 0 Å². The van der Waals surface area contributed by atoms with Crippen LogP contribution in [0.15, 0.2) is 0 Å². The van der Waals surface area contributed by atoms with E-state index in [-0.39, 0.29) is 30.4 Å². The van der Waals surface area contributed by atoms with Gasteiger partial charge >= 0.3 is 0 Å². The molecule has 0 spiro atoms. The molecule has 4 bridgehead atoms. The van der Waals surface area contributed by atoms with E-state index in [0.717, 1.165) is 17.8 Å². The Balaban J connectivity index is 1.47. The maximum absolute atomic E-state index is 12.3. The van der Waals surface area contributed by atoms with Crippen molar-refractivity contribution in [1.82, 2.24) is 10.6 Å². The molecule has 0 saturated heterocycles. The van der Waals surface area contributed by atoms with Crippen molar-refractivity contribution >= 4 is 11.8 Å². The van der Waals surface area contributed by atoms with Crippen molar-refractivity contribution in [2.45, 2.75) is 64.3 Å². The van der Waals surface area contributed by atoms with E-state index in [1.807, 2.05) is 0 Å². The summed E-state index contributed by atoms with van der Waals surface area (Å²) in [6.07, 6.45) is 8.31. The minimum Gasteiger partial charge on any atom is -0.394 e. The molecule has 0 atom stereocenters. The van der Waals surface area contributed by atoms with Gasteiger partial charge in [-0.25, -0.2) is 0 Å². The average molecular weight is 322 g/mol. The summed E-state index contributed by atoms with van der Waals surface area (Å²) < 4.78 is 0. The van der Waals surface area contributed by atoms with Crippen LogP contribution in [0.3, 0.4) is 0 Å². The lowest BCUT2D eigenvalue weighted by molar-refractivity contribution is -0.132. The summed E-state index contributed by atoms with van der Waals surface area (Å²) >= 11 is 0. The van der Waals surface area contributed by atoms with E-state index >= 15 is 0 Å². The first-order valence-electron chi connectivity index (χ1n) is 8.98. The van der Waals surface area contributed by atoms with Crippen LogP contribution in [-0.2, 0) is 9.59 Å². The van der Waals surface area contributed by atoms with Gasteiger partial charge in [0, 0.05) is 6.42 Å². The van der Waals surface area contributed by atoms with E-state index in [0.29, 0.717) is 6.42 Å². The lowest BCUT2D eigenvalue weighted by Gasteiger charge is -2.56. The fraction of sp³-hybridized carbons (Fsp3) is 0.889. The molecule has 0 heterocycles.